The molecule has 1 aliphatic rings. The van der Waals surface area contributed by atoms with Crippen molar-refractivity contribution < 1.29 is 14.0 Å². The van der Waals surface area contributed by atoms with Gasteiger partial charge in [0.2, 0.25) is 0 Å². The van der Waals surface area contributed by atoms with Crippen LogP contribution < -0.4 is 10.3 Å². The van der Waals surface area contributed by atoms with Crippen LogP contribution in [0.5, 0.6) is 6.01 Å². The van der Waals surface area contributed by atoms with E-state index in [-0.39, 0.29) is 0 Å². The molecule has 1 fully saturated rings. The lowest BCUT2D eigenvalue weighted by Crippen LogP contribution is -2.41. The second-order valence-electron chi connectivity index (χ2n) is 6.63. The predicted molar refractivity (Wildman–Crippen MR) is 88.5 cm³/mol. The van der Waals surface area contributed by atoms with Crippen LogP contribution in [0.15, 0.2) is 42.6 Å². The average molecular weight is 312 g/mol. The third-order valence-electron chi connectivity index (χ3n) is 4.36. The van der Waals surface area contributed by atoms with Gasteiger partial charge in [0.05, 0.1) is 16.8 Å². The van der Waals surface area contributed by atoms with Crippen LogP contribution in [-0.2, 0) is 15.9 Å². The van der Waals surface area contributed by atoms with E-state index in [0.29, 0.717) is 18.2 Å². The van der Waals surface area contributed by atoms with Crippen molar-refractivity contribution in [2.75, 3.05) is 0 Å². The maximum atomic E-state index is 6.00. The van der Waals surface area contributed by atoms with Crippen molar-refractivity contribution in [2.45, 2.75) is 45.5 Å². The molecule has 0 radical (unpaired) electrons. The Morgan fingerprint density at radius 1 is 1.00 bits per heavy atom. The van der Waals surface area contributed by atoms with Crippen LogP contribution in [0.4, 0.5) is 0 Å². The normalized spacial score (nSPS) is 18.9. The van der Waals surface area contributed by atoms with Crippen molar-refractivity contribution in [3.63, 3.8) is 0 Å². The van der Waals surface area contributed by atoms with E-state index >= 15 is 0 Å². The molecule has 0 spiro atoms. The van der Waals surface area contributed by atoms with Crippen molar-refractivity contribution in [1.82, 2.24) is 9.97 Å². The van der Waals surface area contributed by atoms with Gasteiger partial charge in [0.25, 0.3) is 0 Å². The fourth-order valence-electron chi connectivity index (χ4n) is 2.24. The Kier molecular flexibility index (Phi) is 4.12. The van der Waals surface area contributed by atoms with Gasteiger partial charge in [0.1, 0.15) is 6.61 Å². The third-order valence-corrected chi connectivity index (χ3v) is 4.36. The fourth-order valence-corrected chi connectivity index (χ4v) is 2.24. The van der Waals surface area contributed by atoms with Crippen molar-refractivity contribution in [1.29, 1.82) is 0 Å². The van der Waals surface area contributed by atoms with Gasteiger partial charge in [-0.05, 0) is 39.3 Å². The number of rotatable bonds is 4. The van der Waals surface area contributed by atoms with Crippen LogP contribution in [0.1, 0.15) is 33.3 Å². The van der Waals surface area contributed by atoms with E-state index in [2.05, 4.69) is 9.97 Å². The minimum atomic E-state index is -0.512. The molecule has 1 aliphatic heterocycles. The van der Waals surface area contributed by atoms with Gasteiger partial charge in [-0.3, -0.25) is 0 Å². The molecule has 2 heterocycles. The van der Waals surface area contributed by atoms with Crippen LogP contribution in [-0.4, -0.2) is 28.3 Å². The highest BCUT2D eigenvalue weighted by atomic mass is 16.7. The van der Waals surface area contributed by atoms with Gasteiger partial charge in [0, 0.05) is 6.20 Å². The second kappa shape index (κ2) is 5.94. The summed E-state index contributed by atoms with van der Waals surface area (Å²) in [6, 6.07) is 12.0. The average Bonchev–Trinajstić information content (AvgIpc) is 2.75. The number of hydrogen-bond acceptors (Lipinski definition) is 5. The molecule has 0 N–H and O–H groups in total. The van der Waals surface area contributed by atoms with Gasteiger partial charge < -0.3 is 14.0 Å². The molecule has 0 amide bonds. The SMILES string of the molecule is CC1(C)OB(c2ccnc(OCc3ccccc3)n2)OC1(C)C. The maximum absolute atomic E-state index is 6.00. The number of nitrogens with zero attached hydrogens (tertiary/aromatic N) is 2. The Morgan fingerprint density at radius 3 is 2.30 bits per heavy atom. The summed E-state index contributed by atoms with van der Waals surface area (Å²) in [7, 11) is -0.512. The topological polar surface area (TPSA) is 53.5 Å². The summed E-state index contributed by atoms with van der Waals surface area (Å²) in [6.45, 7) is 8.48. The van der Waals surface area contributed by atoms with Gasteiger partial charge in [0.15, 0.2) is 0 Å². The van der Waals surface area contributed by atoms with Crippen LogP contribution in [0, 0.1) is 0 Å². The van der Waals surface area contributed by atoms with E-state index in [1.807, 2.05) is 58.0 Å². The van der Waals surface area contributed by atoms with Crippen molar-refractivity contribution in [3.05, 3.63) is 48.2 Å². The number of aromatic nitrogens is 2. The molecule has 23 heavy (non-hydrogen) atoms. The Labute approximate surface area is 137 Å². The molecule has 1 aromatic heterocycles. The largest absolute Gasteiger partial charge is 0.514 e. The molecular weight excluding hydrogens is 291 g/mol. The first-order valence-electron chi connectivity index (χ1n) is 7.73. The molecule has 0 atom stereocenters. The lowest BCUT2D eigenvalue weighted by Gasteiger charge is -2.32. The van der Waals surface area contributed by atoms with E-state index < -0.39 is 18.3 Å². The summed E-state index contributed by atoms with van der Waals surface area (Å²) in [4.78, 5) is 8.57. The summed E-state index contributed by atoms with van der Waals surface area (Å²) in [5.74, 6) is 0. The van der Waals surface area contributed by atoms with Crippen LogP contribution >= 0.6 is 0 Å². The highest BCUT2D eigenvalue weighted by Crippen LogP contribution is 2.36. The molecule has 5 nitrogen and oxygen atoms in total. The van der Waals surface area contributed by atoms with Gasteiger partial charge in [-0.25, -0.2) is 9.97 Å². The van der Waals surface area contributed by atoms with Crippen molar-refractivity contribution in [2.24, 2.45) is 0 Å². The first kappa shape index (κ1) is 16.0. The first-order valence-corrected chi connectivity index (χ1v) is 7.73. The van der Waals surface area contributed by atoms with E-state index in [1.54, 1.807) is 12.3 Å². The second-order valence-corrected chi connectivity index (χ2v) is 6.63. The minimum Gasteiger partial charge on any atom is -0.459 e. The fraction of sp³-hybridized carbons (Fsp3) is 0.412. The van der Waals surface area contributed by atoms with Gasteiger partial charge in [-0.1, -0.05) is 30.3 Å². The molecule has 2 aromatic rings. The van der Waals surface area contributed by atoms with Crippen molar-refractivity contribution >= 4 is 12.7 Å². The molecule has 6 heteroatoms. The molecule has 0 saturated carbocycles. The van der Waals surface area contributed by atoms with Gasteiger partial charge in [-0.15, -0.1) is 0 Å². The van der Waals surface area contributed by atoms with Crippen LogP contribution in [0.2, 0.25) is 0 Å². The molecule has 120 valence electrons. The van der Waals surface area contributed by atoms with E-state index in [0.717, 1.165) is 5.56 Å². The maximum Gasteiger partial charge on any atom is 0.514 e. The highest BCUT2D eigenvalue weighted by Gasteiger charge is 2.52. The molecule has 0 unspecified atom stereocenters. The quantitative estimate of drug-likeness (QED) is 0.811. The molecule has 3 rings (SSSR count). The number of ether oxygens (including phenoxy) is 1. The van der Waals surface area contributed by atoms with Crippen molar-refractivity contribution in [3.8, 4) is 6.01 Å². The Hall–Kier alpha value is -1.92. The van der Waals surface area contributed by atoms with Crippen LogP contribution in [0.25, 0.3) is 0 Å². The third kappa shape index (κ3) is 3.38. The molecule has 0 aliphatic carbocycles. The zero-order valence-electron chi connectivity index (χ0n) is 13.9. The zero-order valence-corrected chi connectivity index (χ0v) is 13.9. The predicted octanol–water partition coefficient (Wildman–Crippen LogP) is 2.35. The molecule has 1 saturated heterocycles. The van der Waals surface area contributed by atoms with E-state index in [9.17, 15) is 0 Å². The summed E-state index contributed by atoms with van der Waals surface area (Å²) in [5, 5.41) is 0. The summed E-state index contributed by atoms with van der Waals surface area (Å²) in [5.41, 5.74) is 0.945. The standard InChI is InChI=1S/C17H21BN2O3/c1-16(2)17(3,4)23-18(22-16)14-10-11-19-15(20-14)21-12-13-8-6-5-7-9-13/h5-11H,12H2,1-4H3. The smallest absolute Gasteiger partial charge is 0.459 e. The zero-order chi connectivity index (χ0) is 16.5. The molecular formula is C17H21BN2O3. The Balaban J connectivity index is 1.71. The highest BCUT2D eigenvalue weighted by molar-refractivity contribution is 6.61. The summed E-state index contributed by atoms with van der Waals surface area (Å²) in [6.07, 6.45) is 1.66. The molecule has 1 aromatic carbocycles. The minimum absolute atomic E-state index is 0.320. The summed E-state index contributed by atoms with van der Waals surface area (Å²) < 4.78 is 17.7. The van der Waals surface area contributed by atoms with Gasteiger partial charge >= 0.3 is 13.1 Å². The molecule has 0 bridgehead atoms. The van der Waals surface area contributed by atoms with E-state index in [4.69, 9.17) is 14.0 Å². The first-order chi connectivity index (χ1) is 10.9. The monoisotopic (exact) mass is 312 g/mol. The Morgan fingerprint density at radius 2 is 1.65 bits per heavy atom. The summed E-state index contributed by atoms with van der Waals surface area (Å²) >= 11 is 0. The van der Waals surface area contributed by atoms with Gasteiger partial charge in [-0.2, -0.15) is 0 Å². The lowest BCUT2D eigenvalue weighted by atomic mass is 9.85. The number of hydrogen-bond donors (Lipinski definition) is 0. The number of benzene rings is 1. The Bertz CT molecular complexity index is 661. The van der Waals surface area contributed by atoms with Crippen LogP contribution in [0.3, 0.4) is 0 Å². The lowest BCUT2D eigenvalue weighted by molar-refractivity contribution is 0.00578. The van der Waals surface area contributed by atoms with E-state index in [1.165, 1.54) is 0 Å².